The minimum Gasteiger partial charge on any atom is -0.496 e. The lowest BCUT2D eigenvalue weighted by Gasteiger charge is -2.17. The summed E-state index contributed by atoms with van der Waals surface area (Å²) in [5.41, 5.74) is 0.664. The third-order valence-electron chi connectivity index (χ3n) is 3.36. The average molecular weight is 335 g/mol. The number of amides is 1. The Morgan fingerprint density at radius 3 is 2.65 bits per heavy atom. The van der Waals surface area contributed by atoms with Crippen LogP contribution in [-0.4, -0.2) is 17.9 Å². The number of nitrogens with one attached hydrogen (secondary N) is 1. The predicted octanol–water partition coefficient (Wildman–Crippen LogP) is 3.75. The quantitative estimate of drug-likeness (QED) is 0.667. The van der Waals surface area contributed by atoms with Crippen molar-refractivity contribution in [3.8, 4) is 5.75 Å². The summed E-state index contributed by atoms with van der Waals surface area (Å²) in [6.45, 7) is 1.79. The molecule has 0 aliphatic rings. The highest BCUT2D eigenvalue weighted by atomic mass is 35.5. The normalized spacial score (nSPS) is 11.6. The Morgan fingerprint density at radius 1 is 1.30 bits per heavy atom. The number of para-hydroxylation sites is 1. The van der Waals surface area contributed by atoms with E-state index in [9.17, 15) is 14.9 Å². The van der Waals surface area contributed by atoms with Crippen LogP contribution >= 0.6 is 11.6 Å². The van der Waals surface area contributed by atoms with Crippen LogP contribution in [0.3, 0.4) is 0 Å². The van der Waals surface area contributed by atoms with Gasteiger partial charge in [0, 0.05) is 17.7 Å². The third-order valence-corrected chi connectivity index (χ3v) is 3.69. The first kappa shape index (κ1) is 16.8. The Hall–Kier alpha value is -2.60. The van der Waals surface area contributed by atoms with Crippen LogP contribution in [0, 0.1) is 10.1 Å². The molecular formula is C16H15ClN2O4. The first-order valence-electron chi connectivity index (χ1n) is 6.81. The molecule has 0 heterocycles. The molecule has 1 N–H and O–H groups in total. The van der Waals surface area contributed by atoms with E-state index in [1.54, 1.807) is 20.1 Å². The molecule has 0 saturated heterocycles. The zero-order chi connectivity index (χ0) is 17.0. The lowest BCUT2D eigenvalue weighted by atomic mass is 10.1. The number of nitro benzene ring substituents is 1. The van der Waals surface area contributed by atoms with Crippen molar-refractivity contribution in [2.75, 3.05) is 7.11 Å². The van der Waals surface area contributed by atoms with E-state index in [4.69, 9.17) is 16.3 Å². The molecule has 7 heteroatoms. The molecule has 120 valence electrons. The van der Waals surface area contributed by atoms with Crippen LogP contribution in [0.25, 0.3) is 0 Å². The average Bonchev–Trinajstić information content (AvgIpc) is 2.54. The van der Waals surface area contributed by atoms with Crippen LogP contribution in [0.15, 0.2) is 42.5 Å². The lowest BCUT2D eigenvalue weighted by molar-refractivity contribution is -0.384. The number of nitro groups is 1. The molecule has 2 aromatic rings. The maximum Gasteiger partial charge on any atom is 0.270 e. The van der Waals surface area contributed by atoms with Gasteiger partial charge in [0.2, 0.25) is 0 Å². The van der Waals surface area contributed by atoms with Crippen molar-refractivity contribution in [3.63, 3.8) is 0 Å². The van der Waals surface area contributed by atoms with Crippen LogP contribution in [0.1, 0.15) is 28.9 Å². The number of hydrogen-bond acceptors (Lipinski definition) is 4. The molecule has 2 aromatic carbocycles. The number of carbonyl (C=O) groups is 1. The number of methoxy groups -OCH3 is 1. The molecular weight excluding hydrogens is 320 g/mol. The molecule has 0 aliphatic carbocycles. The van der Waals surface area contributed by atoms with Gasteiger partial charge in [0.05, 0.1) is 28.7 Å². The van der Waals surface area contributed by atoms with Gasteiger partial charge < -0.3 is 10.1 Å². The molecule has 0 spiro atoms. The molecule has 1 atom stereocenters. The van der Waals surface area contributed by atoms with E-state index in [0.717, 1.165) is 11.6 Å². The van der Waals surface area contributed by atoms with Gasteiger partial charge in [-0.3, -0.25) is 14.9 Å². The largest absolute Gasteiger partial charge is 0.496 e. The monoisotopic (exact) mass is 334 g/mol. The van der Waals surface area contributed by atoms with Crippen molar-refractivity contribution in [2.45, 2.75) is 13.0 Å². The molecule has 0 saturated carbocycles. The minimum absolute atomic E-state index is 0.0580. The summed E-state index contributed by atoms with van der Waals surface area (Å²) in [5.74, 6) is 0.155. The molecule has 0 aliphatic heterocycles. The highest BCUT2D eigenvalue weighted by molar-refractivity contribution is 6.33. The van der Waals surface area contributed by atoms with Crippen molar-refractivity contribution in [1.82, 2.24) is 5.32 Å². The fraction of sp³-hybridized carbons (Fsp3) is 0.188. The number of nitrogens with zero attached hydrogens (tertiary/aromatic N) is 1. The SMILES string of the molecule is COc1ccccc1C(C)NC(=O)c1cc([N+](=O)[O-])ccc1Cl. The fourth-order valence-corrected chi connectivity index (χ4v) is 2.38. The Labute approximate surface area is 138 Å². The van der Waals surface area contributed by atoms with E-state index in [2.05, 4.69) is 5.32 Å². The van der Waals surface area contributed by atoms with E-state index in [0.29, 0.717) is 5.75 Å². The van der Waals surface area contributed by atoms with E-state index in [-0.39, 0.29) is 22.3 Å². The Bertz CT molecular complexity index is 749. The second-order valence-corrected chi connectivity index (χ2v) is 5.27. The maximum atomic E-state index is 12.4. The fourth-order valence-electron chi connectivity index (χ4n) is 2.18. The van der Waals surface area contributed by atoms with Crippen LogP contribution in [0.4, 0.5) is 5.69 Å². The Morgan fingerprint density at radius 2 is 2.00 bits per heavy atom. The summed E-state index contributed by atoms with van der Waals surface area (Å²) in [6.07, 6.45) is 0. The van der Waals surface area contributed by atoms with Crippen molar-refractivity contribution in [1.29, 1.82) is 0 Å². The number of hydrogen-bond donors (Lipinski definition) is 1. The molecule has 0 aromatic heterocycles. The highest BCUT2D eigenvalue weighted by Gasteiger charge is 2.19. The standard InChI is InChI=1S/C16H15ClN2O4/c1-10(12-5-3-4-6-15(12)23-2)18-16(20)13-9-11(19(21)22)7-8-14(13)17/h3-10H,1-2H3,(H,18,20). The number of benzene rings is 2. The smallest absolute Gasteiger partial charge is 0.270 e. The van der Waals surface area contributed by atoms with Gasteiger partial charge in [-0.05, 0) is 19.1 Å². The molecule has 2 rings (SSSR count). The van der Waals surface area contributed by atoms with Crippen molar-refractivity contribution >= 4 is 23.2 Å². The summed E-state index contributed by atoms with van der Waals surface area (Å²) in [4.78, 5) is 22.6. The highest BCUT2D eigenvalue weighted by Crippen LogP contribution is 2.26. The van der Waals surface area contributed by atoms with Gasteiger partial charge >= 0.3 is 0 Å². The summed E-state index contributed by atoms with van der Waals surface area (Å²) in [5, 5.41) is 13.7. The van der Waals surface area contributed by atoms with E-state index in [1.807, 2.05) is 18.2 Å². The van der Waals surface area contributed by atoms with Gasteiger partial charge in [0.25, 0.3) is 11.6 Å². The van der Waals surface area contributed by atoms with Crippen LogP contribution < -0.4 is 10.1 Å². The van der Waals surface area contributed by atoms with Gasteiger partial charge in [0.15, 0.2) is 0 Å². The van der Waals surface area contributed by atoms with E-state index >= 15 is 0 Å². The summed E-state index contributed by atoms with van der Waals surface area (Å²) in [7, 11) is 1.55. The number of carbonyl (C=O) groups excluding carboxylic acids is 1. The zero-order valence-electron chi connectivity index (χ0n) is 12.6. The summed E-state index contributed by atoms with van der Waals surface area (Å²) < 4.78 is 5.26. The van der Waals surface area contributed by atoms with Crippen LogP contribution in [0.5, 0.6) is 5.75 Å². The molecule has 0 radical (unpaired) electrons. The molecule has 6 nitrogen and oxygen atoms in total. The van der Waals surface area contributed by atoms with Gasteiger partial charge in [-0.15, -0.1) is 0 Å². The zero-order valence-corrected chi connectivity index (χ0v) is 13.3. The van der Waals surface area contributed by atoms with Crippen molar-refractivity contribution < 1.29 is 14.5 Å². The van der Waals surface area contributed by atoms with Gasteiger partial charge in [-0.2, -0.15) is 0 Å². The first-order valence-corrected chi connectivity index (χ1v) is 7.19. The van der Waals surface area contributed by atoms with E-state index < -0.39 is 10.8 Å². The Kier molecular flexibility index (Phi) is 5.18. The number of ether oxygens (including phenoxy) is 1. The number of rotatable bonds is 5. The molecule has 1 amide bonds. The third kappa shape index (κ3) is 3.78. The minimum atomic E-state index is -0.573. The number of non-ortho nitro benzene ring substituents is 1. The first-order chi connectivity index (χ1) is 10.9. The van der Waals surface area contributed by atoms with Crippen molar-refractivity contribution in [2.24, 2.45) is 0 Å². The lowest BCUT2D eigenvalue weighted by Crippen LogP contribution is -2.27. The van der Waals surface area contributed by atoms with Gasteiger partial charge in [-0.25, -0.2) is 0 Å². The second kappa shape index (κ2) is 7.11. The summed E-state index contributed by atoms with van der Waals surface area (Å²) >= 11 is 5.98. The number of halogens is 1. The van der Waals surface area contributed by atoms with Gasteiger partial charge in [0.1, 0.15) is 5.75 Å². The van der Waals surface area contributed by atoms with Gasteiger partial charge in [-0.1, -0.05) is 29.8 Å². The molecule has 23 heavy (non-hydrogen) atoms. The summed E-state index contributed by atoms with van der Waals surface area (Å²) in [6, 6.07) is 10.7. The van der Waals surface area contributed by atoms with Crippen LogP contribution in [-0.2, 0) is 0 Å². The Balaban J connectivity index is 2.25. The molecule has 0 fully saturated rings. The molecule has 1 unspecified atom stereocenters. The predicted molar refractivity (Wildman–Crippen MR) is 87.0 cm³/mol. The van der Waals surface area contributed by atoms with Crippen LogP contribution in [0.2, 0.25) is 5.02 Å². The molecule has 0 bridgehead atoms. The maximum absolute atomic E-state index is 12.4. The topological polar surface area (TPSA) is 81.5 Å². The van der Waals surface area contributed by atoms with Crippen molar-refractivity contribution in [3.05, 3.63) is 68.7 Å². The second-order valence-electron chi connectivity index (χ2n) is 4.86. The van der Waals surface area contributed by atoms with E-state index in [1.165, 1.54) is 12.1 Å².